The van der Waals surface area contributed by atoms with E-state index in [4.69, 9.17) is 4.74 Å². The lowest BCUT2D eigenvalue weighted by molar-refractivity contribution is -0.127. The van der Waals surface area contributed by atoms with E-state index in [-0.39, 0.29) is 11.7 Å². The van der Waals surface area contributed by atoms with Crippen molar-refractivity contribution in [2.75, 3.05) is 0 Å². The fraction of sp³-hybridized carbons (Fsp3) is 1.00. The highest BCUT2D eigenvalue weighted by Crippen LogP contribution is 2.37. The lowest BCUT2D eigenvalue weighted by Gasteiger charge is -2.41. The molecule has 2 nitrogen and oxygen atoms in total. The number of hydrogen-bond acceptors (Lipinski definition) is 2. The first kappa shape index (κ1) is 13.4. The Morgan fingerprint density at radius 1 is 0.882 bits per heavy atom. The molecule has 0 saturated heterocycles. The first-order valence-electron chi connectivity index (χ1n) is 7.44. The van der Waals surface area contributed by atoms with E-state index in [2.05, 4.69) is 13.8 Å². The summed E-state index contributed by atoms with van der Waals surface area (Å²) in [4.78, 5) is 0. The summed E-state index contributed by atoms with van der Waals surface area (Å²) in [6, 6.07) is 0. The minimum absolute atomic E-state index is 0.00213. The van der Waals surface area contributed by atoms with E-state index in [9.17, 15) is 5.11 Å². The van der Waals surface area contributed by atoms with Gasteiger partial charge < -0.3 is 9.84 Å². The van der Waals surface area contributed by atoms with E-state index in [1.54, 1.807) is 0 Å². The van der Waals surface area contributed by atoms with Gasteiger partial charge in [0.2, 0.25) is 0 Å². The van der Waals surface area contributed by atoms with Crippen LogP contribution in [-0.2, 0) is 4.74 Å². The number of rotatable bonds is 3. The van der Waals surface area contributed by atoms with Gasteiger partial charge in [-0.1, -0.05) is 19.3 Å². The molecule has 0 aromatic carbocycles. The maximum atomic E-state index is 9.57. The van der Waals surface area contributed by atoms with E-state index in [1.165, 1.54) is 32.1 Å². The molecule has 2 rings (SSSR count). The van der Waals surface area contributed by atoms with Crippen LogP contribution in [0.1, 0.15) is 71.6 Å². The molecule has 2 fully saturated rings. The van der Waals surface area contributed by atoms with Crippen LogP contribution < -0.4 is 0 Å². The Bertz CT molecular complexity index is 223. The number of ether oxygens (including phenoxy) is 1. The van der Waals surface area contributed by atoms with Crippen molar-refractivity contribution in [1.29, 1.82) is 0 Å². The van der Waals surface area contributed by atoms with E-state index < -0.39 is 0 Å². The molecule has 0 amide bonds. The largest absolute Gasteiger partial charge is 0.393 e. The highest BCUT2D eigenvalue weighted by molar-refractivity contribution is 4.86. The van der Waals surface area contributed by atoms with Gasteiger partial charge >= 0.3 is 0 Å². The Morgan fingerprint density at radius 2 is 1.47 bits per heavy atom. The van der Waals surface area contributed by atoms with E-state index in [0.717, 1.165) is 25.7 Å². The summed E-state index contributed by atoms with van der Waals surface area (Å²) in [6.07, 6.45) is 11.2. The highest BCUT2D eigenvalue weighted by Gasteiger charge is 2.35. The minimum Gasteiger partial charge on any atom is -0.393 e. The minimum atomic E-state index is -0.0586. The zero-order valence-corrected chi connectivity index (χ0v) is 11.5. The molecule has 0 aromatic rings. The summed E-state index contributed by atoms with van der Waals surface area (Å²) >= 11 is 0. The number of aliphatic hydroxyl groups excluding tert-OH is 1. The average molecular weight is 240 g/mol. The summed E-state index contributed by atoms with van der Waals surface area (Å²) in [5, 5.41) is 9.57. The predicted molar refractivity (Wildman–Crippen MR) is 70.0 cm³/mol. The van der Waals surface area contributed by atoms with Gasteiger partial charge in [-0.3, -0.25) is 0 Å². The molecule has 100 valence electrons. The molecular weight excluding hydrogens is 212 g/mol. The van der Waals surface area contributed by atoms with Gasteiger partial charge in [-0.05, 0) is 58.3 Å². The Balaban J connectivity index is 1.84. The molecule has 0 aromatic heterocycles. The van der Waals surface area contributed by atoms with Crippen molar-refractivity contribution in [2.45, 2.75) is 89.4 Å². The van der Waals surface area contributed by atoms with Crippen LogP contribution in [0.4, 0.5) is 0 Å². The molecule has 0 heterocycles. The van der Waals surface area contributed by atoms with Crippen LogP contribution in [0.5, 0.6) is 0 Å². The van der Waals surface area contributed by atoms with Crippen LogP contribution >= 0.6 is 0 Å². The Morgan fingerprint density at radius 3 is 2.06 bits per heavy atom. The van der Waals surface area contributed by atoms with Gasteiger partial charge in [0, 0.05) is 0 Å². The quantitative estimate of drug-likeness (QED) is 0.815. The Labute approximate surface area is 106 Å². The van der Waals surface area contributed by atoms with Crippen LogP contribution in [0, 0.1) is 5.92 Å². The fourth-order valence-corrected chi connectivity index (χ4v) is 3.48. The Kier molecular flexibility index (Phi) is 4.48. The van der Waals surface area contributed by atoms with Crippen LogP contribution in [-0.4, -0.2) is 22.9 Å². The maximum Gasteiger partial charge on any atom is 0.0658 e. The SMILES string of the molecule is CC(C)(OC1CCCCC1)C1CCC(O)CC1. The van der Waals surface area contributed by atoms with Gasteiger partial charge in [0.1, 0.15) is 0 Å². The molecule has 2 aliphatic carbocycles. The van der Waals surface area contributed by atoms with Crippen molar-refractivity contribution >= 4 is 0 Å². The number of aliphatic hydroxyl groups is 1. The van der Waals surface area contributed by atoms with Crippen molar-refractivity contribution in [3.05, 3.63) is 0 Å². The first-order valence-corrected chi connectivity index (χ1v) is 7.44. The molecule has 0 unspecified atom stereocenters. The summed E-state index contributed by atoms with van der Waals surface area (Å²) in [5.74, 6) is 0.632. The van der Waals surface area contributed by atoms with Crippen LogP contribution in [0.15, 0.2) is 0 Å². The van der Waals surface area contributed by atoms with E-state index in [0.29, 0.717) is 12.0 Å². The smallest absolute Gasteiger partial charge is 0.0658 e. The lowest BCUT2D eigenvalue weighted by Crippen LogP contribution is -2.41. The monoisotopic (exact) mass is 240 g/mol. The molecular formula is C15H28O2. The van der Waals surface area contributed by atoms with Crippen LogP contribution in [0.2, 0.25) is 0 Å². The molecule has 2 heteroatoms. The van der Waals surface area contributed by atoms with Gasteiger partial charge in [0.05, 0.1) is 17.8 Å². The molecule has 2 saturated carbocycles. The summed E-state index contributed by atoms with van der Waals surface area (Å²) < 4.78 is 6.37. The van der Waals surface area contributed by atoms with Gasteiger partial charge in [0.25, 0.3) is 0 Å². The molecule has 0 atom stereocenters. The van der Waals surface area contributed by atoms with Crippen LogP contribution in [0.25, 0.3) is 0 Å². The summed E-state index contributed by atoms with van der Waals surface area (Å²) in [6.45, 7) is 4.51. The third-order valence-corrected chi connectivity index (χ3v) is 4.70. The molecule has 0 aliphatic heterocycles. The average Bonchev–Trinajstić information content (AvgIpc) is 2.30. The standard InChI is InChI=1S/C15H28O2/c1-15(2,12-8-10-13(16)11-9-12)17-14-6-4-3-5-7-14/h12-14,16H,3-11H2,1-2H3. The highest BCUT2D eigenvalue weighted by atomic mass is 16.5. The zero-order valence-electron chi connectivity index (χ0n) is 11.5. The van der Waals surface area contributed by atoms with E-state index >= 15 is 0 Å². The van der Waals surface area contributed by atoms with Crippen molar-refractivity contribution in [3.63, 3.8) is 0 Å². The normalized spacial score (nSPS) is 32.6. The topological polar surface area (TPSA) is 29.5 Å². The maximum absolute atomic E-state index is 9.57. The summed E-state index contributed by atoms with van der Waals surface area (Å²) in [7, 11) is 0. The molecule has 2 aliphatic rings. The van der Waals surface area contributed by atoms with Crippen molar-refractivity contribution in [3.8, 4) is 0 Å². The van der Waals surface area contributed by atoms with Gasteiger partial charge in [-0.25, -0.2) is 0 Å². The lowest BCUT2D eigenvalue weighted by atomic mass is 9.77. The van der Waals surface area contributed by atoms with Crippen molar-refractivity contribution < 1.29 is 9.84 Å². The summed E-state index contributed by atoms with van der Waals surface area (Å²) in [5.41, 5.74) is 0.00213. The first-order chi connectivity index (χ1) is 8.08. The zero-order chi connectivity index (χ0) is 12.3. The molecule has 0 radical (unpaired) electrons. The molecule has 0 spiro atoms. The third kappa shape index (κ3) is 3.69. The molecule has 1 N–H and O–H groups in total. The Hall–Kier alpha value is -0.0800. The van der Waals surface area contributed by atoms with Crippen molar-refractivity contribution in [1.82, 2.24) is 0 Å². The second-order valence-electron chi connectivity index (χ2n) is 6.49. The second kappa shape index (κ2) is 5.71. The van der Waals surface area contributed by atoms with Crippen molar-refractivity contribution in [2.24, 2.45) is 5.92 Å². The third-order valence-electron chi connectivity index (χ3n) is 4.70. The molecule has 17 heavy (non-hydrogen) atoms. The van der Waals surface area contributed by atoms with Crippen LogP contribution in [0.3, 0.4) is 0 Å². The second-order valence-corrected chi connectivity index (χ2v) is 6.49. The van der Waals surface area contributed by atoms with Gasteiger partial charge in [-0.2, -0.15) is 0 Å². The van der Waals surface area contributed by atoms with Gasteiger partial charge in [0.15, 0.2) is 0 Å². The number of hydrogen-bond donors (Lipinski definition) is 1. The fourth-order valence-electron chi connectivity index (χ4n) is 3.48. The molecule has 0 bridgehead atoms. The van der Waals surface area contributed by atoms with E-state index in [1.807, 2.05) is 0 Å². The predicted octanol–water partition coefficient (Wildman–Crippen LogP) is 3.67. The van der Waals surface area contributed by atoms with Gasteiger partial charge in [-0.15, -0.1) is 0 Å².